The smallest absolute Gasteiger partial charge is 0.221 e. The summed E-state index contributed by atoms with van der Waals surface area (Å²) in [5.41, 5.74) is 1.96. The van der Waals surface area contributed by atoms with E-state index in [4.69, 9.17) is 0 Å². The van der Waals surface area contributed by atoms with Crippen LogP contribution in [-0.2, 0) is 11.2 Å². The Bertz CT molecular complexity index is 553. The zero-order valence-electron chi connectivity index (χ0n) is 11.5. The molecule has 1 atom stereocenters. The fourth-order valence-electron chi connectivity index (χ4n) is 2.66. The van der Waals surface area contributed by atoms with E-state index in [-0.39, 0.29) is 5.91 Å². The molecule has 5 nitrogen and oxygen atoms in total. The molecular weight excluding hydrogens is 252 g/mol. The van der Waals surface area contributed by atoms with Crippen LogP contribution in [0, 0.1) is 0 Å². The van der Waals surface area contributed by atoms with Crippen molar-refractivity contribution in [2.45, 2.75) is 31.7 Å². The van der Waals surface area contributed by atoms with Gasteiger partial charge in [0.25, 0.3) is 0 Å². The van der Waals surface area contributed by atoms with Gasteiger partial charge in [-0.2, -0.15) is 0 Å². The number of imidazole rings is 1. The molecule has 0 saturated carbocycles. The summed E-state index contributed by atoms with van der Waals surface area (Å²) >= 11 is 0. The van der Waals surface area contributed by atoms with Crippen molar-refractivity contribution in [3.05, 3.63) is 36.3 Å². The highest BCUT2D eigenvalue weighted by atomic mass is 16.1. The van der Waals surface area contributed by atoms with Gasteiger partial charge >= 0.3 is 0 Å². The summed E-state index contributed by atoms with van der Waals surface area (Å²) in [7, 11) is 0. The van der Waals surface area contributed by atoms with Crippen LogP contribution in [0.5, 0.6) is 0 Å². The van der Waals surface area contributed by atoms with Crippen LogP contribution >= 0.6 is 0 Å². The van der Waals surface area contributed by atoms with E-state index in [1.54, 1.807) is 0 Å². The van der Waals surface area contributed by atoms with Crippen molar-refractivity contribution in [2.75, 3.05) is 13.1 Å². The van der Waals surface area contributed by atoms with Gasteiger partial charge in [0.1, 0.15) is 5.65 Å². The summed E-state index contributed by atoms with van der Waals surface area (Å²) < 4.78 is 2.00. The first-order chi connectivity index (χ1) is 9.81. The maximum Gasteiger partial charge on any atom is 0.221 e. The van der Waals surface area contributed by atoms with Gasteiger partial charge in [-0.1, -0.05) is 6.07 Å². The number of carbonyl (C=O) groups is 1. The predicted octanol–water partition coefficient (Wildman–Crippen LogP) is 1.14. The second-order valence-corrected chi connectivity index (χ2v) is 5.30. The lowest BCUT2D eigenvalue weighted by Crippen LogP contribution is -2.32. The van der Waals surface area contributed by atoms with Crippen molar-refractivity contribution in [3.8, 4) is 0 Å². The average Bonchev–Trinajstić information content (AvgIpc) is 3.07. The Morgan fingerprint density at radius 1 is 1.50 bits per heavy atom. The number of carbonyl (C=O) groups excluding carboxylic acids is 1. The number of hydrogen-bond acceptors (Lipinski definition) is 3. The molecule has 2 N–H and O–H groups in total. The molecule has 106 valence electrons. The van der Waals surface area contributed by atoms with Crippen LogP contribution < -0.4 is 10.6 Å². The fourth-order valence-corrected chi connectivity index (χ4v) is 2.66. The zero-order valence-corrected chi connectivity index (χ0v) is 11.5. The quantitative estimate of drug-likeness (QED) is 0.858. The van der Waals surface area contributed by atoms with E-state index < -0.39 is 0 Å². The number of aromatic nitrogens is 2. The Morgan fingerprint density at radius 3 is 3.25 bits per heavy atom. The summed E-state index contributed by atoms with van der Waals surface area (Å²) in [6, 6.07) is 6.30. The first-order valence-electron chi connectivity index (χ1n) is 7.24. The predicted molar refractivity (Wildman–Crippen MR) is 77.5 cm³/mol. The molecule has 20 heavy (non-hydrogen) atoms. The Labute approximate surface area is 118 Å². The van der Waals surface area contributed by atoms with Crippen LogP contribution in [0.15, 0.2) is 30.6 Å². The third kappa shape index (κ3) is 3.17. The van der Waals surface area contributed by atoms with Gasteiger partial charge in [0.15, 0.2) is 0 Å². The first kappa shape index (κ1) is 13.1. The molecule has 0 aliphatic carbocycles. The monoisotopic (exact) mass is 272 g/mol. The van der Waals surface area contributed by atoms with Crippen molar-refractivity contribution in [3.63, 3.8) is 0 Å². The number of nitrogens with zero attached hydrogens (tertiary/aromatic N) is 2. The van der Waals surface area contributed by atoms with Gasteiger partial charge in [0.05, 0.1) is 5.69 Å². The minimum atomic E-state index is 0.133. The van der Waals surface area contributed by atoms with E-state index in [1.807, 2.05) is 35.0 Å². The molecule has 0 radical (unpaired) electrons. The van der Waals surface area contributed by atoms with Gasteiger partial charge in [-0.15, -0.1) is 0 Å². The molecule has 3 heterocycles. The van der Waals surface area contributed by atoms with Gasteiger partial charge < -0.3 is 15.0 Å². The molecule has 5 heteroatoms. The maximum absolute atomic E-state index is 11.8. The van der Waals surface area contributed by atoms with Crippen molar-refractivity contribution < 1.29 is 4.79 Å². The third-order valence-electron chi connectivity index (χ3n) is 3.71. The Morgan fingerprint density at radius 2 is 2.45 bits per heavy atom. The van der Waals surface area contributed by atoms with Crippen molar-refractivity contribution in [1.29, 1.82) is 0 Å². The van der Waals surface area contributed by atoms with E-state index in [9.17, 15) is 4.79 Å². The van der Waals surface area contributed by atoms with E-state index >= 15 is 0 Å². The van der Waals surface area contributed by atoms with Gasteiger partial charge in [-0.3, -0.25) is 4.79 Å². The molecule has 0 aromatic carbocycles. The van der Waals surface area contributed by atoms with Gasteiger partial charge in [-0.25, -0.2) is 4.98 Å². The number of fused-ring (bicyclic) bond motifs is 1. The average molecular weight is 272 g/mol. The van der Waals surface area contributed by atoms with Crippen LogP contribution in [0.2, 0.25) is 0 Å². The minimum Gasteiger partial charge on any atom is -0.356 e. The molecule has 1 aliphatic rings. The van der Waals surface area contributed by atoms with E-state index in [2.05, 4.69) is 15.6 Å². The molecule has 2 aromatic heterocycles. The highest BCUT2D eigenvalue weighted by Gasteiger charge is 2.17. The van der Waals surface area contributed by atoms with Crippen LogP contribution in [0.4, 0.5) is 0 Å². The van der Waals surface area contributed by atoms with E-state index in [0.29, 0.717) is 19.0 Å². The van der Waals surface area contributed by atoms with Crippen LogP contribution in [0.3, 0.4) is 0 Å². The molecule has 1 amide bonds. The maximum atomic E-state index is 11.8. The SMILES string of the molecule is O=C(CC1CCCN1)NCCc1cn2ccccc2n1. The second-order valence-electron chi connectivity index (χ2n) is 5.30. The van der Waals surface area contributed by atoms with Crippen molar-refractivity contribution in [2.24, 2.45) is 0 Å². The molecule has 3 rings (SSSR count). The lowest BCUT2D eigenvalue weighted by Gasteiger charge is -2.09. The number of nitrogens with one attached hydrogen (secondary N) is 2. The van der Waals surface area contributed by atoms with Crippen LogP contribution in [0.25, 0.3) is 5.65 Å². The van der Waals surface area contributed by atoms with Crippen LogP contribution in [-0.4, -0.2) is 34.4 Å². The fraction of sp³-hybridized carbons (Fsp3) is 0.467. The molecular formula is C15H20N4O. The molecule has 2 aromatic rings. The van der Waals surface area contributed by atoms with Crippen molar-refractivity contribution in [1.82, 2.24) is 20.0 Å². The van der Waals surface area contributed by atoms with Crippen LogP contribution in [0.1, 0.15) is 25.0 Å². The number of pyridine rings is 1. The lowest BCUT2D eigenvalue weighted by molar-refractivity contribution is -0.121. The van der Waals surface area contributed by atoms with Crippen molar-refractivity contribution >= 4 is 11.6 Å². The Hall–Kier alpha value is -1.88. The summed E-state index contributed by atoms with van der Waals surface area (Å²) in [4.78, 5) is 16.3. The summed E-state index contributed by atoms with van der Waals surface area (Å²) in [5, 5.41) is 6.31. The number of amides is 1. The second kappa shape index (κ2) is 6.05. The Kier molecular flexibility index (Phi) is 3.97. The number of hydrogen-bond donors (Lipinski definition) is 2. The van der Waals surface area contributed by atoms with E-state index in [1.165, 1.54) is 6.42 Å². The topological polar surface area (TPSA) is 58.4 Å². The summed E-state index contributed by atoms with van der Waals surface area (Å²) in [5.74, 6) is 0.133. The number of rotatable bonds is 5. The highest BCUT2D eigenvalue weighted by Crippen LogP contribution is 2.08. The molecule has 1 aliphatic heterocycles. The molecule has 0 bridgehead atoms. The van der Waals surface area contributed by atoms with E-state index in [0.717, 1.165) is 30.7 Å². The summed E-state index contributed by atoms with van der Waals surface area (Å²) in [6.07, 6.45) is 7.64. The van der Waals surface area contributed by atoms with Gasteiger partial charge in [-0.05, 0) is 31.5 Å². The molecule has 0 spiro atoms. The molecule has 1 unspecified atom stereocenters. The lowest BCUT2D eigenvalue weighted by atomic mass is 10.1. The molecule has 1 saturated heterocycles. The largest absolute Gasteiger partial charge is 0.356 e. The standard InChI is InChI=1S/C15H20N4O/c20-15(10-12-4-3-7-16-12)17-8-6-13-11-19-9-2-1-5-14(19)18-13/h1-2,5,9,11-12,16H,3-4,6-8,10H2,(H,17,20). The molecule has 1 fully saturated rings. The van der Waals surface area contributed by atoms with Gasteiger partial charge in [0, 0.05) is 37.8 Å². The zero-order chi connectivity index (χ0) is 13.8. The minimum absolute atomic E-state index is 0.133. The Balaban J connectivity index is 1.45. The first-order valence-corrected chi connectivity index (χ1v) is 7.24. The highest BCUT2D eigenvalue weighted by molar-refractivity contribution is 5.76. The normalized spacial score (nSPS) is 18.5. The third-order valence-corrected chi connectivity index (χ3v) is 3.71. The summed E-state index contributed by atoms with van der Waals surface area (Å²) in [6.45, 7) is 1.69. The van der Waals surface area contributed by atoms with Gasteiger partial charge in [0.2, 0.25) is 5.91 Å².